The van der Waals surface area contributed by atoms with Crippen LogP contribution in [0.4, 0.5) is 5.95 Å². The lowest BCUT2D eigenvalue weighted by Crippen LogP contribution is -1.93. The molecule has 0 aliphatic rings. The molecule has 0 aliphatic carbocycles. The van der Waals surface area contributed by atoms with Crippen LogP contribution in [0.25, 0.3) is 0 Å². The topological polar surface area (TPSA) is 66.0 Å². The van der Waals surface area contributed by atoms with E-state index in [9.17, 15) is 0 Å². The Bertz CT molecular complexity index is 521. The Hall–Kier alpha value is -1.82. The SMILES string of the molecule is CC(C)CSc1n[nH]c(N/N=C\c2ccccc2)n1. The molecule has 1 heterocycles. The quantitative estimate of drug-likeness (QED) is 0.483. The summed E-state index contributed by atoms with van der Waals surface area (Å²) in [5.74, 6) is 2.18. The number of nitrogens with zero attached hydrogens (tertiary/aromatic N) is 3. The number of hydrazone groups is 1. The van der Waals surface area contributed by atoms with Crippen LogP contribution in [-0.2, 0) is 0 Å². The van der Waals surface area contributed by atoms with E-state index in [1.54, 1.807) is 18.0 Å². The van der Waals surface area contributed by atoms with Crippen molar-refractivity contribution in [3.05, 3.63) is 35.9 Å². The monoisotopic (exact) mass is 275 g/mol. The molecule has 0 atom stereocenters. The van der Waals surface area contributed by atoms with Crippen LogP contribution in [-0.4, -0.2) is 27.1 Å². The fourth-order valence-electron chi connectivity index (χ4n) is 1.31. The minimum Gasteiger partial charge on any atom is -0.246 e. The van der Waals surface area contributed by atoms with Crippen LogP contribution in [0.15, 0.2) is 40.6 Å². The molecule has 1 aromatic heterocycles. The molecule has 2 aromatic rings. The summed E-state index contributed by atoms with van der Waals surface area (Å²) in [6, 6.07) is 9.87. The second kappa shape index (κ2) is 6.94. The van der Waals surface area contributed by atoms with Gasteiger partial charge in [-0.05, 0) is 11.5 Å². The highest BCUT2D eigenvalue weighted by Gasteiger charge is 2.03. The van der Waals surface area contributed by atoms with Gasteiger partial charge in [0, 0.05) is 5.75 Å². The number of rotatable bonds is 6. The summed E-state index contributed by atoms with van der Waals surface area (Å²) in [5, 5.41) is 11.8. The van der Waals surface area contributed by atoms with Gasteiger partial charge in [0.2, 0.25) is 11.1 Å². The summed E-state index contributed by atoms with van der Waals surface area (Å²) < 4.78 is 0. The first-order valence-electron chi connectivity index (χ1n) is 6.13. The van der Waals surface area contributed by atoms with Gasteiger partial charge in [-0.25, -0.2) is 10.5 Å². The number of anilines is 1. The Morgan fingerprint density at radius 3 is 2.89 bits per heavy atom. The molecular weight excluding hydrogens is 258 g/mol. The standard InChI is InChI=1S/C13H17N5S/c1-10(2)9-19-13-15-12(17-18-13)16-14-8-11-6-4-3-5-7-11/h3-8,10H,9H2,1-2H3,(H2,15,16,17,18)/b14-8-. The second-order valence-electron chi connectivity index (χ2n) is 4.45. The summed E-state index contributed by atoms with van der Waals surface area (Å²) in [6.45, 7) is 4.34. The van der Waals surface area contributed by atoms with Gasteiger partial charge < -0.3 is 0 Å². The van der Waals surface area contributed by atoms with Crippen LogP contribution < -0.4 is 5.43 Å². The Morgan fingerprint density at radius 2 is 2.16 bits per heavy atom. The highest BCUT2D eigenvalue weighted by atomic mass is 32.2. The van der Waals surface area contributed by atoms with Crippen molar-refractivity contribution in [1.29, 1.82) is 0 Å². The minimum atomic E-state index is 0.554. The number of H-pyrrole nitrogens is 1. The van der Waals surface area contributed by atoms with Gasteiger partial charge in [0.15, 0.2) is 0 Å². The van der Waals surface area contributed by atoms with Gasteiger partial charge in [0.25, 0.3) is 0 Å². The van der Waals surface area contributed by atoms with Crippen molar-refractivity contribution < 1.29 is 0 Å². The molecule has 2 N–H and O–H groups in total. The fourth-order valence-corrected chi connectivity index (χ4v) is 2.06. The smallest absolute Gasteiger partial charge is 0.240 e. The van der Waals surface area contributed by atoms with E-state index in [4.69, 9.17) is 0 Å². The molecule has 19 heavy (non-hydrogen) atoms. The minimum absolute atomic E-state index is 0.554. The zero-order valence-electron chi connectivity index (χ0n) is 11.0. The number of aromatic nitrogens is 3. The molecule has 0 aliphatic heterocycles. The molecule has 0 fully saturated rings. The van der Waals surface area contributed by atoms with Crippen LogP contribution in [0.5, 0.6) is 0 Å². The third kappa shape index (κ3) is 4.75. The maximum atomic E-state index is 4.28. The zero-order chi connectivity index (χ0) is 13.5. The number of hydrogen-bond acceptors (Lipinski definition) is 5. The van der Waals surface area contributed by atoms with E-state index in [-0.39, 0.29) is 0 Å². The highest BCUT2D eigenvalue weighted by Crippen LogP contribution is 2.16. The zero-order valence-corrected chi connectivity index (χ0v) is 11.8. The first kappa shape index (κ1) is 13.6. The van der Waals surface area contributed by atoms with Crippen LogP contribution in [0.2, 0.25) is 0 Å². The van der Waals surface area contributed by atoms with E-state index in [1.165, 1.54) is 0 Å². The van der Waals surface area contributed by atoms with E-state index in [0.29, 0.717) is 11.9 Å². The Balaban J connectivity index is 1.85. The van der Waals surface area contributed by atoms with Crippen molar-refractivity contribution in [2.24, 2.45) is 11.0 Å². The molecule has 0 saturated carbocycles. The molecule has 5 nitrogen and oxygen atoms in total. The van der Waals surface area contributed by atoms with Gasteiger partial charge in [-0.3, -0.25) is 0 Å². The highest BCUT2D eigenvalue weighted by molar-refractivity contribution is 7.99. The molecule has 0 amide bonds. The summed E-state index contributed by atoms with van der Waals surface area (Å²) in [6.07, 6.45) is 1.74. The van der Waals surface area contributed by atoms with Crippen molar-refractivity contribution in [1.82, 2.24) is 15.2 Å². The first-order chi connectivity index (χ1) is 9.24. The molecule has 0 saturated heterocycles. The number of hydrogen-bond donors (Lipinski definition) is 2. The van der Waals surface area contributed by atoms with Gasteiger partial charge in [-0.1, -0.05) is 55.9 Å². The Morgan fingerprint density at radius 1 is 1.37 bits per heavy atom. The average molecular weight is 275 g/mol. The molecular formula is C13H17N5S. The van der Waals surface area contributed by atoms with Crippen molar-refractivity contribution in [3.8, 4) is 0 Å². The normalized spacial score (nSPS) is 11.3. The van der Waals surface area contributed by atoms with Gasteiger partial charge in [0.1, 0.15) is 0 Å². The van der Waals surface area contributed by atoms with E-state index >= 15 is 0 Å². The lowest BCUT2D eigenvalue weighted by Gasteiger charge is -1.98. The molecule has 0 bridgehead atoms. The van der Waals surface area contributed by atoms with Crippen LogP contribution in [0.3, 0.4) is 0 Å². The van der Waals surface area contributed by atoms with Gasteiger partial charge in [-0.2, -0.15) is 10.1 Å². The summed E-state index contributed by atoms with van der Waals surface area (Å²) >= 11 is 1.63. The second-order valence-corrected chi connectivity index (χ2v) is 5.44. The van der Waals surface area contributed by atoms with Gasteiger partial charge in [0.05, 0.1) is 6.21 Å². The van der Waals surface area contributed by atoms with Crippen molar-refractivity contribution in [3.63, 3.8) is 0 Å². The molecule has 2 rings (SSSR count). The summed E-state index contributed by atoms with van der Waals surface area (Å²) in [7, 11) is 0. The Kier molecular flexibility index (Phi) is 4.97. The third-order valence-corrected chi connectivity index (χ3v) is 3.47. The lowest BCUT2D eigenvalue weighted by atomic mass is 10.2. The maximum absolute atomic E-state index is 4.28. The van der Waals surface area contributed by atoms with Crippen molar-refractivity contribution in [2.45, 2.75) is 19.0 Å². The van der Waals surface area contributed by atoms with E-state index in [2.05, 4.69) is 39.6 Å². The van der Waals surface area contributed by atoms with Crippen molar-refractivity contribution in [2.75, 3.05) is 11.2 Å². The summed E-state index contributed by atoms with van der Waals surface area (Å²) in [5.41, 5.74) is 3.86. The fraction of sp³-hybridized carbons (Fsp3) is 0.308. The van der Waals surface area contributed by atoms with Gasteiger partial charge >= 0.3 is 0 Å². The number of aromatic amines is 1. The first-order valence-corrected chi connectivity index (χ1v) is 7.12. The Labute approximate surface area is 116 Å². The van der Waals surface area contributed by atoms with Crippen LogP contribution >= 0.6 is 11.8 Å². The maximum Gasteiger partial charge on any atom is 0.240 e. The number of thioether (sulfide) groups is 1. The molecule has 6 heteroatoms. The predicted octanol–water partition coefficient (Wildman–Crippen LogP) is 3.00. The average Bonchev–Trinajstić information content (AvgIpc) is 2.86. The summed E-state index contributed by atoms with van der Waals surface area (Å²) in [4.78, 5) is 4.28. The van der Waals surface area contributed by atoms with Gasteiger partial charge in [-0.15, -0.1) is 5.10 Å². The lowest BCUT2D eigenvalue weighted by molar-refractivity contribution is 0.748. The molecule has 1 aromatic carbocycles. The molecule has 0 unspecified atom stereocenters. The largest absolute Gasteiger partial charge is 0.246 e. The molecule has 100 valence electrons. The van der Waals surface area contributed by atoms with Crippen LogP contribution in [0.1, 0.15) is 19.4 Å². The number of benzene rings is 1. The third-order valence-electron chi connectivity index (χ3n) is 2.19. The van der Waals surface area contributed by atoms with E-state index in [0.717, 1.165) is 16.5 Å². The van der Waals surface area contributed by atoms with Crippen LogP contribution in [0, 0.1) is 5.92 Å². The van der Waals surface area contributed by atoms with E-state index < -0.39 is 0 Å². The van der Waals surface area contributed by atoms with E-state index in [1.807, 2.05) is 30.3 Å². The van der Waals surface area contributed by atoms with Crippen molar-refractivity contribution >= 4 is 23.9 Å². The molecule has 0 radical (unpaired) electrons. The molecule has 0 spiro atoms. The predicted molar refractivity (Wildman–Crippen MR) is 79.6 cm³/mol. The number of nitrogens with one attached hydrogen (secondary N) is 2.